The van der Waals surface area contributed by atoms with Gasteiger partial charge in [-0.05, 0) is 60.9 Å². The first-order valence-corrected chi connectivity index (χ1v) is 10.6. The summed E-state index contributed by atoms with van der Waals surface area (Å²) < 4.78 is 0. The lowest BCUT2D eigenvalue weighted by atomic mass is 9.98. The first kappa shape index (κ1) is 20.3. The molecule has 1 N–H and O–H groups in total. The summed E-state index contributed by atoms with van der Waals surface area (Å²) in [7, 11) is 2.18. The maximum Gasteiger partial charge on any atom is 0.335 e. The maximum absolute atomic E-state index is 11.1. The Bertz CT molecular complexity index is 1010. The molecule has 0 atom stereocenters. The zero-order valence-electron chi connectivity index (χ0n) is 17.0. The number of para-hydroxylation sites is 1. The smallest absolute Gasteiger partial charge is 0.335 e. The Morgan fingerprint density at radius 3 is 2.23 bits per heavy atom. The molecule has 1 aliphatic heterocycles. The average Bonchev–Trinajstić information content (AvgIpc) is 2.79. The van der Waals surface area contributed by atoms with Crippen molar-refractivity contribution in [3.05, 3.63) is 83.4 Å². The van der Waals surface area contributed by atoms with Crippen molar-refractivity contribution in [2.24, 2.45) is 0 Å². The molecule has 4 rings (SSSR count). The molecule has 4 nitrogen and oxygen atoms in total. The number of piperidine rings is 1. The molecule has 1 fully saturated rings. The van der Waals surface area contributed by atoms with Gasteiger partial charge in [0.2, 0.25) is 0 Å². The van der Waals surface area contributed by atoms with Crippen LogP contribution in [0.3, 0.4) is 0 Å². The van der Waals surface area contributed by atoms with Gasteiger partial charge in [-0.2, -0.15) is 0 Å². The number of aromatic carboxylic acids is 1. The molecule has 154 valence electrons. The van der Waals surface area contributed by atoms with Crippen LogP contribution in [0.25, 0.3) is 11.1 Å². The fourth-order valence-corrected chi connectivity index (χ4v) is 4.30. The third kappa shape index (κ3) is 4.29. The van der Waals surface area contributed by atoms with E-state index in [1.165, 1.54) is 11.3 Å². The first-order chi connectivity index (χ1) is 14.5. The van der Waals surface area contributed by atoms with Crippen LogP contribution in [-0.2, 0) is 0 Å². The summed E-state index contributed by atoms with van der Waals surface area (Å²) in [6.45, 7) is 1.90. The molecule has 0 aromatic heterocycles. The molecular weight excluding hydrogens is 396 g/mol. The number of halogens is 1. The van der Waals surface area contributed by atoms with Gasteiger partial charge in [0.25, 0.3) is 0 Å². The van der Waals surface area contributed by atoms with Crippen LogP contribution in [0.5, 0.6) is 0 Å². The van der Waals surface area contributed by atoms with Gasteiger partial charge in [-0.25, -0.2) is 4.79 Å². The van der Waals surface area contributed by atoms with Gasteiger partial charge in [0, 0.05) is 48.1 Å². The number of carboxylic acids is 1. The van der Waals surface area contributed by atoms with E-state index in [-0.39, 0.29) is 0 Å². The van der Waals surface area contributed by atoms with Gasteiger partial charge < -0.3 is 14.9 Å². The summed E-state index contributed by atoms with van der Waals surface area (Å²) in [4.78, 5) is 15.8. The van der Waals surface area contributed by atoms with Crippen molar-refractivity contribution in [3.8, 4) is 11.1 Å². The standard InChI is InChI=1S/C25H25ClN2O2/c1-27(24-5-3-2-4-23(24)18-6-10-20(26)11-7-18)21-14-16-28(17-15-21)22-12-8-19(9-13-22)25(29)30/h2-13,21H,14-17H2,1H3,(H,29,30). The van der Waals surface area contributed by atoms with Crippen molar-refractivity contribution in [1.82, 2.24) is 0 Å². The van der Waals surface area contributed by atoms with Gasteiger partial charge >= 0.3 is 5.97 Å². The predicted octanol–water partition coefficient (Wildman–Crippen LogP) is 5.81. The second kappa shape index (κ2) is 8.80. The Hall–Kier alpha value is -2.98. The minimum atomic E-state index is -0.888. The van der Waals surface area contributed by atoms with Crippen LogP contribution < -0.4 is 9.80 Å². The molecule has 3 aromatic carbocycles. The quantitative estimate of drug-likeness (QED) is 0.565. The van der Waals surface area contributed by atoms with E-state index >= 15 is 0 Å². The average molecular weight is 421 g/mol. The normalized spacial score (nSPS) is 14.5. The van der Waals surface area contributed by atoms with E-state index in [1.54, 1.807) is 12.1 Å². The highest BCUT2D eigenvalue weighted by Gasteiger charge is 2.24. The molecule has 0 unspecified atom stereocenters. The number of rotatable bonds is 5. The van der Waals surface area contributed by atoms with Crippen LogP contribution in [0, 0.1) is 0 Å². The van der Waals surface area contributed by atoms with Crippen LogP contribution in [-0.4, -0.2) is 37.3 Å². The molecule has 5 heteroatoms. The molecule has 30 heavy (non-hydrogen) atoms. The highest BCUT2D eigenvalue weighted by Crippen LogP contribution is 2.34. The predicted molar refractivity (Wildman–Crippen MR) is 124 cm³/mol. The molecule has 0 amide bonds. The fourth-order valence-electron chi connectivity index (χ4n) is 4.18. The van der Waals surface area contributed by atoms with Gasteiger partial charge in [-0.15, -0.1) is 0 Å². The number of anilines is 2. The van der Waals surface area contributed by atoms with E-state index < -0.39 is 5.97 Å². The highest BCUT2D eigenvalue weighted by atomic mass is 35.5. The van der Waals surface area contributed by atoms with Crippen molar-refractivity contribution < 1.29 is 9.90 Å². The van der Waals surface area contributed by atoms with E-state index in [4.69, 9.17) is 16.7 Å². The number of hydrogen-bond donors (Lipinski definition) is 1. The Labute approximate surface area is 182 Å². The van der Waals surface area contributed by atoms with E-state index in [9.17, 15) is 4.79 Å². The highest BCUT2D eigenvalue weighted by molar-refractivity contribution is 6.30. The summed E-state index contributed by atoms with van der Waals surface area (Å²) in [5, 5.41) is 9.83. The molecule has 0 spiro atoms. The second-order valence-corrected chi connectivity index (χ2v) is 8.14. The summed E-state index contributed by atoms with van der Waals surface area (Å²) in [5.41, 5.74) is 5.01. The monoisotopic (exact) mass is 420 g/mol. The van der Waals surface area contributed by atoms with Crippen molar-refractivity contribution in [3.63, 3.8) is 0 Å². The van der Waals surface area contributed by atoms with E-state index in [0.29, 0.717) is 11.6 Å². The van der Waals surface area contributed by atoms with Gasteiger partial charge in [0.05, 0.1) is 5.56 Å². The minimum Gasteiger partial charge on any atom is -0.478 e. The minimum absolute atomic E-state index is 0.326. The zero-order chi connectivity index (χ0) is 21.1. The number of benzene rings is 3. The second-order valence-electron chi connectivity index (χ2n) is 7.71. The number of carboxylic acid groups (broad SMARTS) is 1. The van der Waals surface area contributed by atoms with Crippen molar-refractivity contribution in [2.45, 2.75) is 18.9 Å². The lowest BCUT2D eigenvalue weighted by molar-refractivity contribution is 0.0697. The maximum atomic E-state index is 11.1. The summed E-state index contributed by atoms with van der Waals surface area (Å²) >= 11 is 6.07. The Balaban J connectivity index is 1.46. The Morgan fingerprint density at radius 1 is 0.967 bits per heavy atom. The largest absolute Gasteiger partial charge is 0.478 e. The molecule has 1 saturated heterocycles. The summed E-state index contributed by atoms with van der Waals surface area (Å²) in [6, 6.07) is 24.1. The van der Waals surface area contributed by atoms with Crippen LogP contribution in [0.2, 0.25) is 5.02 Å². The van der Waals surface area contributed by atoms with Gasteiger partial charge in [0.1, 0.15) is 0 Å². The molecule has 1 aliphatic rings. The van der Waals surface area contributed by atoms with Crippen LogP contribution in [0.15, 0.2) is 72.8 Å². The van der Waals surface area contributed by atoms with Crippen molar-refractivity contribution in [2.75, 3.05) is 29.9 Å². The van der Waals surface area contributed by atoms with E-state index in [2.05, 4.69) is 53.2 Å². The Kier molecular flexibility index (Phi) is 5.96. The molecule has 0 radical (unpaired) electrons. The first-order valence-electron chi connectivity index (χ1n) is 10.2. The topological polar surface area (TPSA) is 43.8 Å². The third-order valence-electron chi connectivity index (χ3n) is 5.93. The number of carbonyl (C=O) groups is 1. The van der Waals surface area contributed by atoms with Gasteiger partial charge in [-0.1, -0.05) is 41.9 Å². The zero-order valence-corrected chi connectivity index (χ0v) is 17.7. The van der Waals surface area contributed by atoms with Crippen LogP contribution in [0.1, 0.15) is 23.2 Å². The lowest BCUT2D eigenvalue weighted by Gasteiger charge is -2.39. The molecular formula is C25H25ClN2O2. The van der Waals surface area contributed by atoms with E-state index in [0.717, 1.165) is 42.2 Å². The SMILES string of the molecule is CN(c1ccccc1-c1ccc(Cl)cc1)C1CCN(c2ccc(C(=O)O)cc2)CC1. The fraction of sp³-hybridized carbons (Fsp3) is 0.240. The summed E-state index contributed by atoms with van der Waals surface area (Å²) in [6.07, 6.45) is 2.10. The van der Waals surface area contributed by atoms with Crippen molar-refractivity contribution in [1.29, 1.82) is 0 Å². The lowest BCUT2D eigenvalue weighted by Crippen LogP contribution is -2.43. The molecule has 3 aromatic rings. The van der Waals surface area contributed by atoms with Gasteiger partial charge in [-0.3, -0.25) is 0 Å². The number of nitrogens with zero attached hydrogens (tertiary/aromatic N) is 2. The molecule has 0 aliphatic carbocycles. The third-order valence-corrected chi connectivity index (χ3v) is 6.18. The van der Waals surface area contributed by atoms with Gasteiger partial charge in [0.15, 0.2) is 0 Å². The van der Waals surface area contributed by atoms with Crippen molar-refractivity contribution >= 4 is 28.9 Å². The number of hydrogen-bond acceptors (Lipinski definition) is 3. The molecule has 0 bridgehead atoms. The van der Waals surface area contributed by atoms with Crippen LogP contribution >= 0.6 is 11.6 Å². The molecule has 1 heterocycles. The summed E-state index contributed by atoms with van der Waals surface area (Å²) in [5.74, 6) is -0.888. The molecule has 0 saturated carbocycles. The van der Waals surface area contributed by atoms with Crippen LogP contribution in [0.4, 0.5) is 11.4 Å². The Morgan fingerprint density at radius 2 is 1.60 bits per heavy atom. The van der Waals surface area contributed by atoms with E-state index in [1.807, 2.05) is 24.3 Å².